The van der Waals surface area contributed by atoms with Crippen molar-refractivity contribution in [3.05, 3.63) is 35.4 Å². The molecule has 0 aliphatic rings. The summed E-state index contributed by atoms with van der Waals surface area (Å²) in [6.45, 7) is 2.04. The Kier molecular flexibility index (Phi) is 4.46. The second-order valence-electron chi connectivity index (χ2n) is 3.80. The molecule has 0 fully saturated rings. The van der Waals surface area contributed by atoms with Crippen molar-refractivity contribution < 1.29 is 15.0 Å². The molecule has 88 valence electrons. The number of carboxylic acid groups (broad SMARTS) is 1. The molecule has 4 heteroatoms. The van der Waals surface area contributed by atoms with Crippen molar-refractivity contribution in [1.82, 2.24) is 0 Å². The highest BCUT2D eigenvalue weighted by atomic mass is 16.4. The standard InChI is InChI=1S/C12H17NO3/c1-2-8-3-5-9(6-4-8)12(16)10(13)7-11(14)15/h3-6,10,12,16H,2,7,13H2,1H3,(H,14,15). The fourth-order valence-electron chi connectivity index (χ4n) is 1.51. The molecule has 0 radical (unpaired) electrons. The Morgan fingerprint density at radius 2 is 1.94 bits per heavy atom. The summed E-state index contributed by atoms with van der Waals surface area (Å²) in [4.78, 5) is 10.5. The number of benzene rings is 1. The largest absolute Gasteiger partial charge is 0.481 e. The Hall–Kier alpha value is -1.39. The number of aliphatic hydroxyl groups excluding tert-OH is 1. The van der Waals surface area contributed by atoms with Gasteiger partial charge in [-0.2, -0.15) is 0 Å². The van der Waals surface area contributed by atoms with Crippen LogP contribution in [0.15, 0.2) is 24.3 Å². The minimum absolute atomic E-state index is 0.239. The van der Waals surface area contributed by atoms with Crippen LogP contribution in [0.3, 0.4) is 0 Å². The van der Waals surface area contributed by atoms with Crippen molar-refractivity contribution >= 4 is 5.97 Å². The van der Waals surface area contributed by atoms with E-state index in [1.165, 1.54) is 5.56 Å². The van der Waals surface area contributed by atoms with E-state index in [1.807, 2.05) is 19.1 Å². The molecule has 1 rings (SSSR count). The zero-order valence-corrected chi connectivity index (χ0v) is 9.26. The Bertz CT molecular complexity index is 348. The Morgan fingerprint density at radius 1 is 1.38 bits per heavy atom. The van der Waals surface area contributed by atoms with Crippen molar-refractivity contribution in [3.63, 3.8) is 0 Å². The number of rotatable bonds is 5. The predicted octanol–water partition coefficient (Wildman–Crippen LogP) is 1.08. The topological polar surface area (TPSA) is 83.5 Å². The average molecular weight is 223 g/mol. The highest BCUT2D eigenvalue weighted by Crippen LogP contribution is 2.18. The summed E-state index contributed by atoms with van der Waals surface area (Å²) in [6, 6.07) is 6.61. The molecule has 0 aromatic heterocycles. The van der Waals surface area contributed by atoms with Crippen LogP contribution in [-0.4, -0.2) is 22.2 Å². The zero-order valence-electron chi connectivity index (χ0n) is 9.26. The van der Waals surface area contributed by atoms with E-state index in [-0.39, 0.29) is 6.42 Å². The van der Waals surface area contributed by atoms with Gasteiger partial charge in [-0.3, -0.25) is 4.79 Å². The Balaban J connectivity index is 2.71. The maximum Gasteiger partial charge on any atom is 0.305 e. The summed E-state index contributed by atoms with van der Waals surface area (Å²) in [7, 11) is 0. The first-order valence-corrected chi connectivity index (χ1v) is 5.29. The van der Waals surface area contributed by atoms with Gasteiger partial charge in [0.2, 0.25) is 0 Å². The summed E-state index contributed by atoms with van der Waals surface area (Å²) in [5, 5.41) is 18.4. The molecule has 4 nitrogen and oxygen atoms in total. The second-order valence-corrected chi connectivity index (χ2v) is 3.80. The quantitative estimate of drug-likeness (QED) is 0.697. The van der Waals surface area contributed by atoms with E-state index in [0.29, 0.717) is 5.56 Å². The molecular formula is C12H17NO3. The molecule has 1 aromatic carbocycles. The third-order valence-electron chi connectivity index (χ3n) is 2.55. The maximum atomic E-state index is 10.5. The number of aryl methyl sites for hydroxylation is 1. The number of aliphatic hydroxyl groups is 1. The fraction of sp³-hybridized carbons (Fsp3) is 0.417. The van der Waals surface area contributed by atoms with Gasteiger partial charge in [-0.1, -0.05) is 31.2 Å². The van der Waals surface area contributed by atoms with Crippen LogP contribution in [0.1, 0.15) is 30.6 Å². The van der Waals surface area contributed by atoms with Crippen molar-refractivity contribution in [1.29, 1.82) is 0 Å². The number of nitrogens with two attached hydrogens (primary N) is 1. The van der Waals surface area contributed by atoms with Crippen molar-refractivity contribution in [2.75, 3.05) is 0 Å². The molecule has 16 heavy (non-hydrogen) atoms. The van der Waals surface area contributed by atoms with E-state index in [0.717, 1.165) is 6.42 Å². The molecular weight excluding hydrogens is 206 g/mol. The van der Waals surface area contributed by atoms with Crippen molar-refractivity contribution in [2.45, 2.75) is 31.9 Å². The number of hydrogen-bond acceptors (Lipinski definition) is 3. The van der Waals surface area contributed by atoms with Gasteiger partial charge in [0, 0.05) is 6.04 Å². The molecule has 0 aliphatic heterocycles. The number of carbonyl (C=O) groups is 1. The van der Waals surface area contributed by atoms with Gasteiger partial charge < -0.3 is 15.9 Å². The van der Waals surface area contributed by atoms with Crippen LogP contribution in [0.2, 0.25) is 0 Å². The van der Waals surface area contributed by atoms with Crippen LogP contribution in [0.5, 0.6) is 0 Å². The molecule has 0 heterocycles. The van der Waals surface area contributed by atoms with E-state index in [4.69, 9.17) is 10.8 Å². The zero-order chi connectivity index (χ0) is 12.1. The third kappa shape index (κ3) is 3.32. The van der Waals surface area contributed by atoms with E-state index < -0.39 is 18.1 Å². The Morgan fingerprint density at radius 3 is 2.38 bits per heavy atom. The van der Waals surface area contributed by atoms with Gasteiger partial charge in [-0.15, -0.1) is 0 Å². The normalized spacial score (nSPS) is 14.4. The van der Waals surface area contributed by atoms with Gasteiger partial charge in [0.05, 0.1) is 12.5 Å². The number of hydrogen-bond donors (Lipinski definition) is 3. The number of carboxylic acids is 1. The third-order valence-corrected chi connectivity index (χ3v) is 2.55. The lowest BCUT2D eigenvalue weighted by atomic mass is 9.99. The first-order chi connectivity index (χ1) is 7.54. The summed E-state index contributed by atoms with van der Waals surface area (Å²) in [5.41, 5.74) is 7.42. The highest BCUT2D eigenvalue weighted by molar-refractivity contribution is 5.67. The monoisotopic (exact) mass is 223 g/mol. The van der Waals surface area contributed by atoms with E-state index in [2.05, 4.69) is 0 Å². The number of aliphatic carboxylic acids is 1. The molecule has 2 atom stereocenters. The smallest absolute Gasteiger partial charge is 0.305 e. The first-order valence-electron chi connectivity index (χ1n) is 5.29. The SMILES string of the molecule is CCc1ccc(C(O)C(N)CC(=O)O)cc1. The molecule has 2 unspecified atom stereocenters. The average Bonchev–Trinajstić information content (AvgIpc) is 2.27. The molecule has 0 spiro atoms. The van der Waals surface area contributed by atoms with Crippen LogP contribution < -0.4 is 5.73 Å². The summed E-state index contributed by atoms with van der Waals surface area (Å²) in [5.74, 6) is -1.00. The van der Waals surface area contributed by atoms with Crippen molar-refractivity contribution in [2.24, 2.45) is 5.73 Å². The second kappa shape index (κ2) is 5.63. The summed E-state index contributed by atoms with van der Waals surface area (Å²) in [6.07, 6.45) is -0.240. The molecule has 1 aromatic rings. The van der Waals surface area contributed by atoms with Gasteiger partial charge in [0.15, 0.2) is 0 Å². The molecule has 0 aliphatic carbocycles. The highest BCUT2D eigenvalue weighted by Gasteiger charge is 2.19. The van der Waals surface area contributed by atoms with Gasteiger partial charge >= 0.3 is 5.97 Å². The van der Waals surface area contributed by atoms with Crippen LogP contribution in [0.25, 0.3) is 0 Å². The Labute approximate surface area is 94.7 Å². The molecule has 0 amide bonds. The van der Waals surface area contributed by atoms with E-state index >= 15 is 0 Å². The van der Waals surface area contributed by atoms with Gasteiger partial charge in [0.25, 0.3) is 0 Å². The van der Waals surface area contributed by atoms with Crippen LogP contribution >= 0.6 is 0 Å². The molecule has 0 saturated heterocycles. The molecule has 0 saturated carbocycles. The predicted molar refractivity (Wildman–Crippen MR) is 61.0 cm³/mol. The van der Waals surface area contributed by atoms with Crippen LogP contribution in [-0.2, 0) is 11.2 Å². The lowest BCUT2D eigenvalue weighted by Crippen LogP contribution is -2.30. The summed E-state index contributed by atoms with van der Waals surface area (Å²) < 4.78 is 0. The first kappa shape index (κ1) is 12.7. The minimum atomic E-state index is -1.00. The van der Waals surface area contributed by atoms with E-state index in [9.17, 15) is 9.90 Å². The maximum absolute atomic E-state index is 10.5. The van der Waals surface area contributed by atoms with Gasteiger partial charge in [-0.25, -0.2) is 0 Å². The minimum Gasteiger partial charge on any atom is -0.481 e. The van der Waals surface area contributed by atoms with Gasteiger partial charge in [0.1, 0.15) is 0 Å². The van der Waals surface area contributed by atoms with Crippen LogP contribution in [0.4, 0.5) is 0 Å². The lowest BCUT2D eigenvalue weighted by Gasteiger charge is -2.17. The van der Waals surface area contributed by atoms with Gasteiger partial charge in [-0.05, 0) is 17.5 Å². The lowest BCUT2D eigenvalue weighted by molar-refractivity contribution is -0.138. The molecule has 0 bridgehead atoms. The van der Waals surface area contributed by atoms with E-state index in [1.54, 1.807) is 12.1 Å². The fourth-order valence-corrected chi connectivity index (χ4v) is 1.51. The van der Waals surface area contributed by atoms with Crippen LogP contribution in [0, 0.1) is 0 Å². The summed E-state index contributed by atoms with van der Waals surface area (Å²) >= 11 is 0. The molecule has 4 N–H and O–H groups in total. The van der Waals surface area contributed by atoms with Crippen molar-refractivity contribution in [3.8, 4) is 0 Å².